The van der Waals surface area contributed by atoms with Gasteiger partial charge in [0.25, 0.3) is 0 Å². The standard InChI is InChI=1S/C23H17NO3S/c1-16-8-2-4-11-18(16)20-13-7-14-21(24(25)26)23(20)27-28-22-15-6-10-17-9-3-5-12-19(17)22/h2-15H,1H3. The van der Waals surface area contributed by atoms with Crippen LogP contribution in [0.3, 0.4) is 0 Å². The molecule has 138 valence electrons. The van der Waals surface area contributed by atoms with Gasteiger partial charge in [0, 0.05) is 11.6 Å². The van der Waals surface area contributed by atoms with E-state index in [2.05, 4.69) is 0 Å². The average molecular weight is 387 g/mol. The molecule has 4 aromatic rings. The van der Waals surface area contributed by atoms with Gasteiger partial charge in [-0.25, -0.2) is 0 Å². The fourth-order valence-corrected chi connectivity index (χ4v) is 3.96. The molecule has 0 bridgehead atoms. The van der Waals surface area contributed by atoms with Crippen molar-refractivity contribution >= 4 is 28.5 Å². The molecule has 0 spiro atoms. The van der Waals surface area contributed by atoms with E-state index in [1.807, 2.05) is 79.7 Å². The molecule has 0 aliphatic rings. The highest BCUT2D eigenvalue weighted by Gasteiger charge is 2.22. The van der Waals surface area contributed by atoms with Crippen LogP contribution in [0.4, 0.5) is 5.69 Å². The maximum Gasteiger partial charge on any atom is 0.313 e. The smallest absolute Gasteiger partial charge is 0.313 e. The molecule has 0 unspecified atom stereocenters. The van der Waals surface area contributed by atoms with E-state index in [0.717, 1.165) is 38.8 Å². The van der Waals surface area contributed by atoms with Gasteiger partial charge in [-0.2, -0.15) is 0 Å². The normalized spacial score (nSPS) is 10.8. The van der Waals surface area contributed by atoms with Crippen molar-refractivity contribution in [3.63, 3.8) is 0 Å². The van der Waals surface area contributed by atoms with Crippen molar-refractivity contribution in [3.05, 3.63) is 101 Å². The van der Waals surface area contributed by atoms with Crippen molar-refractivity contribution in [2.75, 3.05) is 0 Å². The molecule has 0 fully saturated rings. The summed E-state index contributed by atoms with van der Waals surface area (Å²) in [5, 5.41) is 13.8. The maximum absolute atomic E-state index is 11.6. The first-order valence-corrected chi connectivity index (χ1v) is 9.55. The first-order chi connectivity index (χ1) is 13.6. The van der Waals surface area contributed by atoms with Crippen molar-refractivity contribution in [1.29, 1.82) is 0 Å². The Morgan fingerprint density at radius 2 is 1.50 bits per heavy atom. The van der Waals surface area contributed by atoms with Crippen LogP contribution in [0.15, 0.2) is 89.8 Å². The van der Waals surface area contributed by atoms with Crippen LogP contribution in [0.2, 0.25) is 0 Å². The quantitative estimate of drug-likeness (QED) is 0.214. The lowest BCUT2D eigenvalue weighted by molar-refractivity contribution is -0.385. The van der Waals surface area contributed by atoms with Gasteiger partial charge in [0.1, 0.15) is 0 Å². The van der Waals surface area contributed by atoms with Gasteiger partial charge < -0.3 is 4.18 Å². The van der Waals surface area contributed by atoms with Gasteiger partial charge in [0.2, 0.25) is 5.75 Å². The number of nitrogens with zero attached hydrogens (tertiary/aromatic N) is 1. The predicted octanol–water partition coefficient (Wildman–Crippen LogP) is 6.81. The second-order valence-electron chi connectivity index (χ2n) is 6.37. The van der Waals surface area contributed by atoms with Gasteiger partial charge in [-0.3, -0.25) is 10.1 Å². The number of fused-ring (bicyclic) bond motifs is 1. The Kier molecular flexibility index (Phi) is 5.00. The third kappa shape index (κ3) is 3.44. The zero-order valence-electron chi connectivity index (χ0n) is 15.2. The molecule has 0 saturated carbocycles. The van der Waals surface area contributed by atoms with Crippen molar-refractivity contribution < 1.29 is 9.11 Å². The number of benzene rings is 4. The summed E-state index contributed by atoms with van der Waals surface area (Å²) in [6.45, 7) is 1.98. The molecule has 0 radical (unpaired) electrons. The highest BCUT2D eigenvalue weighted by atomic mass is 32.2. The molecular weight excluding hydrogens is 370 g/mol. The molecule has 0 aliphatic carbocycles. The van der Waals surface area contributed by atoms with Crippen molar-refractivity contribution in [2.24, 2.45) is 0 Å². The topological polar surface area (TPSA) is 52.4 Å². The zero-order chi connectivity index (χ0) is 19.5. The van der Waals surface area contributed by atoms with E-state index in [1.54, 1.807) is 6.07 Å². The van der Waals surface area contributed by atoms with Gasteiger partial charge in [-0.1, -0.05) is 72.8 Å². The van der Waals surface area contributed by atoms with Crippen LogP contribution >= 0.6 is 12.0 Å². The summed E-state index contributed by atoms with van der Waals surface area (Å²) in [6.07, 6.45) is 0. The largest absolute Gasteiger partial charge is 0.413 e. The molecule has 4 aromatic carbocycles. The van der Waals surface area contributed by atoms with Crippen molar-refractivity contribution in [2.45, 2.75) is 11.8 Å². The number of hydrogen-bond acceptors (Lipinski definition) is 4. The third-order valence-electron chi connectivity index (χ3n) is 4.59. The van der Waals surface area contributed by atoms with Gasteiger partial charge >= 0.3 is 5.69 Å². The molecule has 5 heteroatoms. The lowest BCUT2D eigenvalue weighted by Gasteiger charge is -2.13. The van der Waals surface area contributed by atoms with E-state index >= 15 is 0 Å². The molecule has 0 aliphatic heterocycles. The molecule has 0 atom stereocenters. The Labute approximate surface area is 167 Å². The molecule has 28 heavy (non-hydrogen) atoms. The molecular formula is C23H17NO3S. The summed E-state index contributed by atoms with van der Waals surface area (Å²) in [6, 6.07) is 26.8. The van der Waals surface area contributed by atoms with Crippen molar-refractivity contribution in [3.8, 4) is 16.9 Å². The lowest BCUT2D eigenvalue weighted by Crippen LogP contribution is -1.96. The second-order valence-corrected chi connectivity index (χ2v) is 7.14. The summed E-state index contributed by atoms with van der Waals surface area (Å²) < 4.78 is 6.01. The van der Waals surface area contributed by atoms with E-state index in [9.17, 15) is 10.1 Å². The Balaban J connectivity index is 1.78. The minimum atomic E-state index is -0.402. The van der Waals surface area contributed by atoms with Gasteiger partial charge in [0.15, 0.2) is 0 Å². The molecule has 0 saturated heterocycles. The van der Waals surface area contributed by atoms with Crippen LogP contribution in [0, 0.1) is 17.0 Å². The Bertz CT molecular complexity index is 1170. The summed E-state index contributed by atoms with van der Waals surface area (Å²) in [5.41, 5.74) is 2.61. The fraction of sp³-hybridized carbons (Fsp3) is 0.0435. The van der Waals surface area contributed by atoms with E-state index < -0.39 is 4.92 Å². The van der Waals surface area contributed by atoms with Crippen molar-refractivity contribution in [1.82, 2.24) is 0 Å². The summed E-state index contributed by atoms with van der Waals surface area (Å²) in [4.78, 5) is 12.1. The number of rotatable bonds is 5. The predicted molar refractivity (Wildman–Crippen MR) is 114 cm³/mol. The Hall–Kier alpha value is -3.31. The highest BCUT2D eigenvalue weighted by Crippen LogP contribution is 2.42. The van der Waals surface area contributed by atoms with E-state index in [0.29, 0.717) is 5.56 Å². The second kappa shape index (κ2) is 7.74. The lowest BCUT2D eigenvalue weighted by atomic mass is 9.99. The molecule has 4 nitrogen and oxygen atoms in total. The monoisotopic (exact) mass is 387 g/mol. The molecule has 0 heterocycles. The van der Waals surface area contributed by atoms with Gasteiger partial charge in [-0.15, -0.1) is 0 Å². The van der Waals surface area contributed by atoms with Crippen LogP contribution in [-0.2, 0) is 0 Å². The summed E-state index contributed by atoms with van der Waals surface area (Å²) >= 11 is 1.14. The fourth-order valence-electron chi connectivity index (χ4n) is 3.20. The number of nitro benzene ring substituents is 1. The molecule has 0 aromatic heterocycles. The van der Waals surface area contributed by atoms with Gasteiger partial charge in [-0.05, 0) is 34.9 Å². The average Bonchev–Trinajstić information content (AvgIpc) is 2.72. The molecule has 0 amide bonds. The Morgan fingerprint density at radius 3 is 2.32 bits per heavy atom. The molecule has 0 N–H and O–H groups in total. The third-order valence-corrected chi connectivity index (χ3v) is 5.38. The summed E-state index contributed by atoms with van der Waals surface area (Å²) in [5.74, 6) is 0.264. The summed E-state index contributed by atoms with van der Waals surface area (Å²) in [7, 11) is 0. The molecule has 4 rings (SSSR count). The minimum absolute atomic E-state index is 0.0477. The van der Waals surface area contributed by atoms with E-state index in [-0.39, 0.29) is 11.4 Å². The number of para-hydroxylation sites is 1. The first kappa shape index (κ1) is 18.1. The maximum atomic E-state index is 11.6. The van der Waals surface area contributed by atoms with Crippen LogP contribution in [0.25, 0.3) is 21.9 Å². The van der Waals surface area contributed by atoms with Crippen LogP contribution < -0.4 is 4.18 Å². The Morgan fingerprint density at radius 1 is 0.821 bits per heavy atom. The van der Waals surface area contributed by atoms with E-state index in [4.69, 9.17) is 4.18 Å². The number of hydrogen-bond donors (Lipinski definition) is 0. The number of nitro groups is 1. The number of aryl methyl sites for hydroxylation is 1. The SMILES string of the molecule is Cc1ccccc1-c1cccc([N+](=O)[O-])c1OSc1cccc2ccccc12. The van der Waals surface area contributed by atoms with Crippen LogP contribution in [-0.4, -0.2) is 4.92 Å². The highest BCUT2D eigenvalue weighted by molar-refractivity contribution is 7.95. The van der Waals surface area contributed by atoms with Gasteiger partial charge in [0.05, 0.1) is 21.9 Å². The van der Waals surface area contributed by atoms with E-state index in [1.165, 1.54) is 6.07 Å². The minimum Gasteiger partial charge on any atom is -0.413 e. The van der Waals surface area contributed by atoms with Crippen LogP contribution in [0.5, 0.6) is 5.75 Å². The zero-order valence-corrected chi connectivity index (χ0v) is 16.0. The first-order valence-electron chi connectivity index (χ1n) is 8.81. The van der Waals surface area contributed by atoms with Crippen LogP contribution in [0.1, 0.15) is 5.56 Å².